The van der Waals surface area contributed by atoms with Crippen molar-refractivity contribution in [2.24, 2.45) is 0 Å². The Bertz CT molecular complexity index is 668. The topological polar surface area (TPSA) is 87.5 Å². The van der Waals surface area contributed by atoms with E-state index in [1.54, 1.807) is 19.2 Å². The number of rotatable bonds is 6. The van der Waals surface area contributed by atoms with Crippen molar-refractivity contribution in [1.29, 1.82) is 0 Å². The first-order valence-corrected chi connectivity index (χ1v) is 7.21. The number of furan rings is 1. The molecule has 0 saturated heterocycles. The zero-order valence-electron chi connectivity index (χ0n) is 13.4. The normalized spacial score (nSPS) is 11.6. The molecule has 2 aromatic rings. The average Bonchev–Trinajstić information content (AvgIpc) is 3.07. The van der Waals surface area contributed by atoms with Gasteiger partial charge in [0.25, 0.3) is 5.91 Å². The van der Waals surface area contributed by atoms with Crippen molar-refractivity contribution in [3.63, 3.8) is 0 Å². The number of nitrogens with one attached hydrogen (secondary N) is 2. The third-order valence-electron chi connectivity index (χ3n) is 3.27. The van der Waals surface area contributed by atoms with Crippen molar-refractivity contribution < 1.29 is 14.0 Å². The Balaban J connectivity index is 1.91. The van der Waals surface area contributed by atoms with Crippen molar-refractivity contribution in [2.45, 2.75) is 19.5 Å². The smallest absolute Gasteiger partial charge is 0.255 e. The summed E-state index contributed by atoms with van der Waals surface area (Å²) in [4.78, 5) is 30.1. The minimum absolute atomic E-state index is 0.268. The minimum atomic E-state index is -0.656. The van der Waals surface area contributed by atoms with Gasteiger partial charge in [-0.1, -0.05) is 6.07 Å². The fourth-order valence-corrected chi connectivity index (χ4v) is 2.05. The van der Waals surface area contributed by atoms with Crippen molar-refractivity contribution in [2.75, 3.05) is 19.0 Å². The van der Waals surface area contributed by atoms with Crippen LogP contribution in [-0.2, 0) is 11.3 Å². The van der Waals surface area contributed by atoms with E-state index < -0.39 is 6.04 Å². The molecule has 0 aliphatic rings. The summed E-state index contributed by atoms with van der Waals surface area (Å²) in [5, 5.41) is 5.42. The van der Waals surface area contributed by atoms with Crippen LogP contribution in [0.2, 0.25) is 0 Å². The molecule has 0 aromatic carbocycles. The molecule has 2 rings (SSSR count). The third-order valence-corrected chi connectivity index (χ3v) is 3.27. The van der Waals surface area contributed by atoms with E-state index in [1.807, 2.05) is 31.1 Å². The first-order chi connectivity index (χ1) is 11.0. The fourth-order valence-electron chi connectivity index (χ4n) is 2.05. The largest absolute Gasteiger partial charge is 0.472 e. The van der Waals surface area contributed by atoms with Gasteiger partial charge in [-0.05, 0) is 19.1 Å². The highest BCUT2D eigenvalue weighted by molar-refractivity contribution is 5.97. The summed E-state index contributed by atoms with van der Waals surface area (Å²) in [6, 6.07) is 4.60. The average molecular weight is 316 g/mol. The van der Waals surface area contributed by atoms with E-state index >= 15 is 0 Å². The van der Waals surface area contributed by atoms with Gasteiger partial charge in [-0.3, -0.25) is 9.59 Å². The van der Waals surface area contributed by atoms with Crippen molar-refractivity contribution in [3.05, 3.63) is 48.0 Å². The summed E-state index contributed by atoms with van der Waals surface area (Å²) in [7, 11) is 3.78. The summed E-state index contributed by atoms with van der Waals surface area (Å²) >= 11 is 0. The molecule has 23 heavy (non-hydrogen) atoms. The summed E-state index contributed by atoms with van der Waals surface area (Å²) in [5.74, 6) is 0.176. The zero-order chi connectivity index (χ0) is 16.8. The highest BCUT2D eigenvalue weighted by Gasteiger charge is 2.17. The summed E-state index contributed by atoms with van der Waals surface area (Å²) in [6.07, 6.45) is 4.44. The molecular weight excluding hydrogens is 296 g/mol. The lowest BCUT2D eigenvalue weighted by Gasteiger charge is -2.17. The van der Waals surface area contributed by atoms with Crippen LogP contribution in [0.3, 0.4) is 0 Å². The molecule has 0 aliphatic carbocycles. The van der Waals surface area contributed by atoms with Crippen LogP contribution in [0, 0.1) is 0 Å². The number of hydrogen-bond donors (Lipinski definition) is 2. The van der Waals surface area contributed by atoms with Crippen molar-refractivity contribution in [1.82, 2.24) is 15.6 Å². The molecular formula is C16H20N4O3. The molecule has 2 heterocycles. The molecule has 1 atom stereocenters. The predicted octanol–water partition coefficient (Wildman–Crippen LogP) is 1.18. The van der Waals surface area contributed by atoms with Crippen LogP contribution in [0.1, 0.15) is 22.8 Å². The van der Waals surface area contributed by atoms with E-state index in [9.17, 15) is 9.59 Å². The molecule has 122 valence electrons. The highest BCUT2D eigenvalue weighted by Crippen LogP contribution is 2.13. The van der Waals surface area contributed by atoms with Gasteiger partial charge in [-0.25, -0.2) is 4.98 Å². The number of nitrogens with zero attached hydrogens (tertiary/aromatic N) is 2. The highest BCUT2D eigenvalue weighted by atomic mass is 16.3. The van der Waals surface area contributed by atoms with Gasteiger partial charge < -0.3 is 20.0 Å². The molecule has 7 heteroatoms. The Kier molecular flexibility index (Phi) is 5.35. The van der Waals surface area contributed by atoms with Gasteiger partial charge in [0.05, 0.1) is 11.8 Å². The van der Waals surface area contributed by atoms with E-state index in [0.29, 0.717) is 12.1 Å². The summed E-state index contributed by atoms with van der Waals surface area (Å²) < 4.78 is 4.85. The second-order valence-corrected chi connectivity index (χ2v) is 5.31. The van der Waals surface area contributed by atoms with Crippen LogP contribution in [0.15, 0.2) is 41.3 Å². The predicted molar refractivity (Wildman–Crippen MR) is 86.0 cm³/mol. The lowest BCUT2D eigenvalue weighted by Crippen LogP contribution is -2.44. The van der Waals surface area contributed by atoms with Crippen LogP contribution >= 0.6 is 0 Å². The Morgan fingerprint density at radius 3 is 2.78 bits per heavy atom. The van der Waals surface area contributed by atoms with E-state index in [1.165, 1.54) is 12.5 Å². The van der Waals surface area contributed by atoms with Crippen LogP contribution < -0.4 is 15.5 Å². The quantitative estimate of drug-likeness (QED) is 0.835. The Morgan fingerprint density at radius 1 is 1.35 bits per heavy atom. The second-order valence-electron chi connectivity index (χ2n) is 5.31. The number of anilines is 1. The van der Waals surface area contributed by atoms with Gasteiger partial charge >= 0.3 is 0 Å². The maximum absolute atomic E-state index is 12.1. The van der Waals surface area contributed by atoms with Crippen LogP contribution in [0.5, 0.6) is 0 Å². The molecule has 0 radical (unpaired) electrons. The number of aromatic nitrogens is 1. The number of amides is 2. The van der Waals surface area contributed by atoms with Crippen LogP contribution in [0.4, 0.5) is 5.82 Å². The molecule has 0 spiro atoms. The van der Waals surface area contributed by atoms with Crippen molar-refractivity contribution in [3.8, 4) is 0 Å². The van der Waals surface area contributed by atoms with E-state index in [0.717, 1.165) is 11.4 Å². The van der Waals surface area contributed by atoms with Gasteiger partial charge in [0.2, 0.25) is 5.91 Å². The lowest BCUT2D eigenvalue weighted by molar-refractivity contribution is -0.122. The molecule has 0 fully saturated rings. The van der Waals surface area contributed by atoms with Gasteiger partial charge in [-0.15, -0.1) is 0 Å². The fraction of sp³-hybridized carbons (Fsp3) is 0.312. The van der Waals surface area contributed by atoms with Gasteiger partial charge in [0.15, 0.2) is 0 Å². The zero-order valence-corrected chi connectivity index (χ0v) is 13.4. The molecule has 0 saturated carbocycles. The molecule has 7 nitrogen and oxygen atoms in total. The Morgan fingerprint density at radius 2 is 2.13 bits per heavy atom. The number of carbonyl (C=O) groups is 2. The maximum atomic E-state index is 12.1. The summed E-state index contributed by atoms with van der Waals surface area (Å²) in [6.45, 7) is 1.97. The van der Waals surface area contributed by atoms with Crippen molar-refractivity contribution >= 4 is 17.6 Å². The molecule has 1 unspecified atom stereocenters. The van der Waals surface area contributed by atoms with Crippen LogP contribution in [-0.4, -0.2) is 36.9 Å². The monoisotopic (exact) mass is 316 g/mol. The molecule has 2 N–H and O–H groups in total. The van der Waals surface area contributed by atoms with Gasteiger partial charge in [0, 0.05) is 32.4 Å². The molecule has 0 aliphatic heterocycles. The third kappa shape index (κ3) is 4.32. The first kappa shape index (κ1) is 16.5. The van der Waals surface area contributed by atoms with E-state index in [4.69, 9.17) is 4.42 Å². The van der Waals surface area contributed by atoms with E-state index in [-0.39, 0.29) is 11.8 Å². The molecule has 2 aromatic heterocycles. The number of hydrogen-bond acceptors (Lipinski definition) is 5. The Hall–Kier alpha value is -2.83. The van der Waals surface area contributed by atoms with Gasteiger partial charge in [-0.2, -0.15) is 0 Å². The van der Waals surface area contributed by atoms with E-state index in [2.05, 4.69) is 15.6 Å². The second kappa shape index (κ2) is 7.44. The summed E-state index contributed by atoms with van der Waals surface area (Å²) in [5.41, 5.74) is 1.28. The van der Waals surface area contributed by atoms with Crippen LogP contribution in [0.25, 0.3) is 0 Å². The number of pyridine rings is 1. The minimum Gasteiger partial charge on any atom is -0.472 e. The van der Waals surface area contributed by atoms with Gasteiger partial charge in [0.1, 0.15) is 18.1 Å². The molecule has 2 amide bonds. The molecule has 0 bridgehead atoms. The standard InChI is InChI=1S/C16H20N4O3/c1-11(19-16(22)13-6-8-23-10-13)15(21)18-9-12-5-4-7-17-14(12)20(2)3/h4-8,10-11H,9H2,1-3H3,(H,18,21)(H,19,22). The maximum Gasteiger partial charge on any atom is 0.255 e. The number of carbonyl (C=O) groups excluding carboxylic acids is 2. The SMILES string of the molecule is CC(NC(=O)c1ccoc1)C(=O)NCc1cccnc1N(C)C. The first-order valence-electron chi connectivity index (χ1n) is 7.21. The lowest BCUT2D eigenvalue weighted by atomic mass is 10.2. The Labute approximate surface area is 134 Å².